The number of hydrogen-bond donors (Lipinski definition) is 1. The summed E-state index contributed by atoms with van der Waals surface area (Å²) in [6, 6.07) is 8.39. The van der Waals surface area contributed by atoms with Crippen molar-refractivity contribution in [2.24, 2.45) is 0 Å². The highest BCUT2D eigenvalue weighted by Crippen LogP contribution is 2.31. The highest BCUT2D eigenvalue weighted by molar-refractivity contribution is 5.74. The lowest BCUT2D eigenvalue weighted by molar-refractivity contribution is 0.135. The smallest absolute Gasteiger partial charge is 0.243 e. The number of nitrogens with one attached hydrogen (secondary N) is 1. The number of rotatable bonds is 3. The van der Waals surface area contributed by atoms with Crippen LogP contribution in [0.5, 0.6) is 0 Å². The Kier molecular flexibility index (Phi) is 3.61. The summed E-state index contributed by atoms with van der Waals surface area (Å²) in [6.45, 7) is 6.02. The molecule has 0 aliphatic carbocycles. The molecule has 0 radical (unpaired) electrons. The highest BCUT2D eigenvalue weighted by Gasteiger charge is 2.28. The van der Waals surface area contributed by atoms with E-state index in [-0.39, 0.29) is 6.04 Å². The fourth-order valence-electron chi connectivity index (χ4n) is 3.37. The number of fused-ring (bicyclic) bond motifs is 1. The quantitative estimate of drug-likeness (QED) is 0.804. The van der Waals surface area contributed by atoms with Crippen LogP contribution < -0.4 is 0 Å². The summed E-state index contributed by atoms with van der Waals surface area (Å²) in [4.78, 5) is 15.0. The molecule has 1 saturated heterocycles. The summed E-state index contributed by atoms with van der Waals surface area (Å²) < 4.78 is 5.31. The molecule has 0 amide bonds. The molecule has 1 N–H and O–H groups in total. The Balaban J connectivity index is 1.44. The summed E-state index contributed by atoms with van der Waals surface area (Å²) in [5.74, 6) is 3.02. The van der Waals surface area contributed by atoms with Crippen LogP contribution in [0, 0.1) is 6.92 Å². The zero-order valence-corrected chi connectivity index (χ0v) is 13.5. The maximum absolute atomic E-state index is 5.31. The lowest BCUT2D eigenvalue weighted by Crippen LogP contribution is -2.35. The van der Waals surface area contributed by atoms with E-state index in [1.165, 1.54) is 0 Å². The Labute approximate surface area is 134 Å². The zero-order chi connectivity index (χ0) is 15.8. The first kappa shape index (κ1) is 14.4. The van der Waals surface area contributed by atoms with E-state index < -0.39 is 0 Å². The van der Waals surface area contributed by atoms with Crippen molar-refractivity contribution >= 4 is 11.0 Å². The van der Waals surface area contributed by atoms with Gasteiger partial charge in [-0.3, -0.25) is 4.90 Å². The van der Waals surface area contributed by atoms with E-state index in [2.05, 4.69) is 39.1 Å². The summed E-state index contributed by atoms with van der Waals surface area (Å²) in [5, 5.41) is 3.89. The second-order valence-corrected chi connectivity index (χ2v) is 6.31. The fourth-order valence-corrected chi connectivity index (χ4v) is 3.37. The van der Waals surface area contributed by atoms with Gasteiger partial charge in [-0.05, 0) is 51.9 Å². The SMILES string of the molecule is Cc1noc([C@H](C)N2CCC(c3nc4ccccc4[nH]3)CC2)n1. The van der Waals surface area contributed by atoms with Crippen molar-refractivity contribution in [3.05, 3.63) is 41.8 Å². The van der Waals surface area contributed by atoms with Crippen molar-refractivity contribution in [1.29, 1.82) is 0 Å². The number of aryl methyl sites for hydroxylation is 1. The third-order valence-electron chi connectivity index (χ3n) is 4.77. The second-order valence-electron chi connectivity index (χ2n) is 6.31. The van der Waals surface area contributed by atoms with Crippen LogP contribution in [-0.4, -0.2) is 38.1 Å². The Bertz CT molecular complexity index is 767. The van der Waals surface area contributed by atoms with Crippen molar-refractivity contribution in [2.45, 2.75) is 38.6 Å². The number of benzene rings is 1. The van der Waals surface area contributed by atoms with E-state index in [9.17, 15) is 0 Å². The molecule has 0 bridgehead atoms. The molecule has 0 unspecified atom stereocenters. The molecule has 1 atom stereocenters. The van der Waals surface area contributed by atoms with Crippen LogP contribution in [0.3, 0.4) is 0 Å². The lowest BCUT2D eigenvalue weighted by atomic mass is 9.95. The van der Waals surface area contributed by atoms with Gasteiger partial charge in [-0.15, -0.1) is 0 Å². The van der Waals surface area contributed by atoms with Crippen molar-refractivity contribution in [1.82, 2.24) is 25.0 Å². The number of H-pyrrole nitrogens is 1. The number of piperidine rings is 1. The average molecular weight is 311 g/mol. The second kappa shape index (κ2) is 5.77. The molecule has 3 aromatic rings. The molecule has 6 nitrogen and oxygen atoms in total. The third kappa shape index (κ3) is 2.74. The molecule has 1 aromatic carbocycles. The van der Waals surface area contributed by atoms with Crippen LogP contribution in [0.1, 0.15) is 49.3 Å². The molecule has 0 spiro atoms. The van der Waals surface area contributed by atoms with Crippen molar-refractivity contribution in [2.75, 3.05) is 13.1 Å². The van der Waals surface area contributed by atoms with Gasteiger partial charge in [0.15, 0.2) is 5.82 Å². The summed E-state index contributed by atoms with van der Waals surface area (Å²) in [7, 11) is 0. The van der Waals surface area contributed by atoms with Crippen LogP contribution in [0.15, 0.2) is 28.8 Å². The average Bonchev–Trinajstić information content (AvgIpc) is 3.20. The van der Waals surface area contributed by atoms with E-state index in [0.717, 1.165) is 42.8 Å². The molecular formula is C17H21N5O. The van der Waals surface area contributed by atoms with Gasteiger partial charge in [0.2, 0.25) is 5.89 Å². The first-order valence-electron chi connectivity index (χ1n) is 8.19. The molecule has 3 heterocycles. The Hall–Kier alpha value is -2.21. The van der Waals surface area contributed by atoms with E-state index in [1.807, 2.05) is 19.1 Å². The lowest BCUT2D eigenvalue weighted by Gasteiger charge is -2.33. The van der Waals surface area contributed by atoms with Crippen LogP contribution in [0.2, 0.25) is 0 Å². The number of imidazole rings is 1. The van der Waals surface area contributed by atoms with Gasteiger partial charge >= 0.3 is 0 Å². The summed E-state index contributed by atoms with van der Waals surface area (Å²) >= 11 is 0. The maximum atomic E-state index is 5.31. The maximum Gasteiger partial charge on any atom is 0.243 e. The zero-order valence-electron chi connectivity index (χ0n) is 13.5. The molecule has 6 heteroatoms. The largest absolute Gasteiger partial charge is 0.342 e. The van der Waals surface area contributed by atoms with E-state index >= 15 is 0 Å². The highest BCUT2D eigenvalue weighted by atomic mass is 16.5. The predicted octanol–water partition coefficient (Wildman–Crippen LogP) is 3.19. The molecule has 1 aliphatic rings. The minimum absolute atomic E-state index is 0.174. The van der Waals surface area contributed by atoms with Gasteiger partial charge < -0.3 is 9.51 Å². The number of aromatic amines is 1. The standard InChI is InChI=1S/C17H21N5O/c1-11(17-18-12(2)21-23-17)22-9-7-13(8-10-22)16-19-14-5-3-4-6-15(14)20-16/h3-6,11,13H,7-10H2,1-2H3,(H,19,20)/t11-/m0/s1. The Morgan fingerprint density at radius 3 is 2.70 bits per heavy atom. The fraction of sp³-hybridized carbons (Fsp3) is 0.471. The first-order chi connectivity index (χ1) is 11.2. The van der Waals surface area contributed by atoms with Gasteiger partial charge in [0.05, 0.1) is 17.1 Å². The van der Waals surface area contributed by atoms with Crippen LogP contribution in [0.25, 0.3) is 11.0 Å². The molecule has 1 aliphatic heterocycles. The van der Waals surface area contributed by atoms with Crippen LogP contribution in [-0.2, 0) is 0 Å². The van der Waals surface area contributed by atoms with Gasteiger partial charge in [-0.1, -0.05) is 17.3 Å². The molecule has 4 rings (SSSR count). The number of nitrogens with zero attached hydrogens (tertiary/aromatic N) is 4. The van der Waals surface area contributed by atoms with E-state index in [4.69, 9.17) is 9.51 Å². The molecule has 2 aromatic heterocycles. The number of aromatic nitrogens is 4. The molecule has 23 heavy (non-hydrogen) atoms. The summed E-state index contributed by atoms with van der Waals surface area (Å²) in [6.07, 6.45) is 2.19. The van der Waals surface area contributed by atoms with Gasteiger partial charge in [0.1, 0.15) is 5.82 Å². The monoisotopic (exact) mass is 311 g/mol. The molecule has 1 fully saturated rings. The molecule has 0 saturated carbocycles. The van der Waals surface area contributed by atoms with Crippen molar-refractivity contribution in [3.63, 3.8) is 0 Å². The third-order valence-corrected chi connectivity index (χ3v) is 4.77. The summed E-state index contributed by atoms with van der Waals surface area (Å²) in [5.41, 5.74) is 2.18. The van der Waals surface area contributed by atoms with Crippen molar-refractivity contribution < 1.29 is 4.52 Å². The van der Waals surface area contributed by atoms with Gasteiger partial charge in [-0.2, -0.15) is 4.98 Å². The Morgan fingerprint density at radius 2 is 2.00 bits per heavy atom. The van der Waals surface area contributed by atoms with Gasteiger partial charge in [0.25, 0.3) is 0 Å². The Morgan fingerprint density at radius 1 is 1.22 bits per heavy atom. The van der Waals surface area contributed by atoms with E-state index in [0.29, 0.717) is 17.6 Å². The minimum Gasteiger partial charge on any atom is -0.342 e. The van der Waals surface area contributed by atoms with E-state index in [1.54, 1.807) is 0 Å². The molecular weight excluding hydrogens is 290 g/mol. The van der Waals surface area contributed by atoms with Crippen LogP contribution >= 0.6 is 0 Å². The normalized spacial score (nSPS) is 18.5. The molecule has 120 valence electrons. The number of para-hydroxylation sites is 2. The predicted molar refractivity (Wildman–Crippen MR) is 87.1 cm³/mol. The number of likely N-dealkylation sites (tertiary alicyclic amines) is 1. The number of hydrogen-bond acceptors (Lipinski definition) is 5. The minimum atomic E-state index is 0.174. The first-order valence-corrected chi connectivity index (χ1v) is 8.19. The van der Waals surface area contributed by atoms with Gasteiger partial charge in [0, 0.05) is 5.92 Å². The van der Waals surface area contributed by atoms with Gasteiger partial charge in [-0.25, -0.2) is 4.98 Å². The van der Waals surface area contributed by atoms with Crippen LogP contribution in [0.4, 0.5) is 0 Å². The topological polar surface area (TPSA) is 70.8 Å². The van der Waals surface area contributed by atoms with Crippen molar-refractivity contribution in [3.8, 4) is 0 Å².